The molecule has 1 fully saturated rings. The van der Waals surface area contributed by atoms with E-state index >= 15 is 0 Å². The molecule has 1 N–H and O–H groups in total. The van der Waals surface area contributed by atoms with Crippen molar-refractivity contribution in [1.82, 2.24) is 10.2 Å². The molecule has 21 heavy (non-hydrogen) atoms. The predicted molar refractivity (Wildman–Crippen MR) is 87.3 cm³/mol. The van der Waals surface area contributed by atoms with Gasteiger partial charge in [0.15, 0.2) is 0 Å². The van der Waals surface area contributed by atoms with Crippen molar-refractivity contribution in [3.63, 3.8) is 0 Å². The number of piperidine rings is 1. The molecule has 4 heteroatoms. The maximum absolute atomic E-state index is 14.2. The number of hydrogen-bond acceptors (Lipinski definition) is 3. The molecule has 118 valence electrons. The molecule has 0 aliphatic carbocycles. The van der Waals surface area contributed by atoms with E-state index in [0.29, 0.717) is 6.04 Å². The van der Waals surface area contributed by atoms with Gasteiger partial charge in [-0.2, -0.15) is 0 Å². The van der Waals surface area contributed by atoms with Crippen LogP contribution in [0.4, 0.5) is 10.1 Å². The lowest BCUT2D eigenvalue weighted by Gasteiger charge is -2.36. The topological polar surface area (TPSA) is 18.5 Å². The molecule has 2 rings (SSSR count). The van der Waals surface area contributed by atoms with Crippen molar-refractivity contribution in [3.05, 3.63) is 29.6 Å². The molecule has 0 spiro atoms. The molecule has 0 aromatic heterocycles. The van der Waals surface area contributed by atoms with E-state index in [1.54, 1.807) is 6.07 Å². The van der Waals surface area contributed by atoms with Crippen LogP contribution in [-0.2, 0) is 6.54 Å². The third kappa shape index (κ3) is 4.42. The van der Waals surface area contributed by atoms with E-state index in [1.165, 1.54) is 0 Å². The monoisotopic (exact) mass is 293 g/mol. The Morgan fingerprint density at radius 2 is 2.05 bits per heavy atom. The normalized spacial score (nSPS) is 17.1. The first-order chi connectivity index (χ1) is 10.1. The first kappa shape index (κ1) is 16.2. The molecule has 0 unspecified atom stereocenters. The highest BCUT2D eigenvalue weighted by atomic mass is 19.1. The summed E-state index contributed by atoms with van der Waals surface area (Å²) < 4.78 is 14.2. The zero-order valence-corrected chi connectivity index (χ0v) is 13.5. The first-order valence-electron chi connectivity index (χ1n) is 8.02. The lowest BCUT2D eigenvalue weighted by Crippen LogP contribution is -2.42. The van der Waals surface area contributed by atoms with Crippen LogP contribution < -0.4 is 10.2 Å². The van der Waals surface area contributed by atoms with E-state index in [4.69, 9.17) is 0 Å². The van der Waals surface area contributed by atoms with Crippen molar-refractivity contribution >= 4 is 5.69 Å². The summed E-state index contributed by atoms with van der Waals surface area (Å²) in [5.74, 6) is -0.115. The molecule has 1 saturated heterocycles. The van der Waals surface area contributed by atoms with E-state index in [1.807, 2.05) is 19.2 Å². The standard InChI is InChI=1S/C17H28FN3/c1-4-9-19-13-14-5-6-16(18)17(12-14)21(3)15-7-10-20(2)11-8-15/h5-6,12,15,19H,4,7-11,13H2,1-3H3. The summed E-state index contributed by atoms with van der Waals surface area (Å²) in [6, 6.07) is 5.92. The van der Waals surface area contributed by atoms with Gasteiger partial charge in [0, 0.05) is 19.6 Å². The summed E-state index contributed by atoms with van der Waals surface area (Å²) in [7, 11) is 4.18. The Morgan fingerprint density at radius 1 is 1.33 bits per heavy atom. The average molecular weight is 293 g/mol. The van der Waals surface area contributed by atoms with Crippen LogP contribution in [0.2, 0.25) is 0 Å². The number of halogens is 1. The maximum atomic E-state index is 14.2. The summed E-state index contributed by atoms with van der Waals surface area (Å²) in [4.78, 5) is 4.47. The number of rotatable bonds is 6. The lowest BCUT2D eigenvalue weighted by molar-refractivity contribution is 0.252. The highest BCUT2D eigenvalue weighted by molar-refractivity contribution is 5.50. The number of nitrogens with one attached hydrogen (secondary N) is 1. The van der Waals surface area contributed by atoms with Crippen molar-refractivity contribution < 1.29 is 4.39 Å². The van der Waals surface area contributed by atoms with Crippen molar-refractivity contribution in [1.29, 1.82) is 0 Å². The van der Waals surface area contributed by atoms with Gasteiger partial charge >= 0.3 is 0 Å². The van der Waals surface area contributed by atoms with Crippen LogP contribution in [0.3, 0.4) is 0 Å². The molecule has 1 aromatic carbocycles. The van der Waals surface area contributed by atoms with Crippen LogP contribution in [0.15, 0.2) is 18.2 Å². The van der Waals surface area contributed by atoms with E-state index < -0.39 is 0 Å². The van der Waals surface area contributed by atoms with Gasteiger partial charge in [0.25, 0.3) is 0 Å². The Bertz CT molecular complexity index is 442. The molecule has 1 heterocycles. The van der Waals surface area contributed by atoms with Gasteiger partial charge in [0.1, 0.15) is 5.82 Å². The Labute approximate surface area is 128 Å². The Morgan fingerprint density at radius 3 is 2.71 bits per heavy atom. The minimum absolute atomic E-state index is 0.115. The van der Waals surface area contributed by atoms with E-state index in [9.17, 15) is 4.39 Å². The van der Waals surface area contributed by atoms with Crippen molar-refractivity contribution in [2.45, 2.75) is 38.8 Å². The molecular weight excluding hydrogens is 265 g/mol. The van der Waals surface area contributed by atoms with Crippen LogP contribution >= 0.6 is 0 Å². The van der Waals surface area contributed by atoms with Crippen LogP contribution in [0.5, 0.6) is 0 Å². The second-order valence-corrected chi connectivity index (χ2v) is 6.11. The first-order valence-corrected chi connectivity index (χ1v) is 8.02. The van der Waals surface area contributed by atoms with E-state index in [0.717, 1.165) is 56.7 Å². The zero-order valence-electron chi connectivity index (χ0n) is 13.5. The second-order valence-electron chi connectivity index (χ2n) is 6.11. The molecule has 0 atom stereocenters. The second kappa shape index (κ2) is 7.76. The third-order valence-corrected chi connectivity index (χ3v) is 4.38. The van der Waals surface area contributed by atoms with Crippen molar-refractivity contribution in [2.24, 2.45) is 0 Å². The van der Waals surface area contributed by atoms with Gasteiger partial charge in [0.05, 0.1) is 5.69 Å². The van der Waals surface area contributed by atoms with Crippen LogP contribution in [-0.4, -0.2) is 44.7 Å². The fourth-order valence-electron chi connectivity index (χ4n) is 2.93. The van der Waals surface area contributed by atoms with Gasteiger partial charge < -0.3 is 15.1 Å². The van der Waals surface area contributed by atoms with Gasteiger partial charge in [-0.25, -0.2) is 4.39 Å². The van der Waals surface area contributed by atoms with Crippen LogP contribution in [0.25, 0.3) is 0 Å². The minimum atomic E-state index is -0.115. The van der Waals surface area contributed by atoms with Crippen LogP contribution in [0.1, 0.15) is 31.7 Å². The van der Waals surface area contributed by atoms with Crippen molar-refractivity contribution in [2.75, 3.05) is 38.6 Å². The molecule has 0 saturated carbocycles. The van der Waals surface area contributed by atoms with Gasteiger partial charge in [-0.15, -0.1) is 0 Å². The maximum Gasteiger partial charge on any atom is 0.146 e. The SMILES string of the molecule is CCCNCc1ccc(F)c(N(C)C2CCN(C)CC2)c1. The fraction of sp³-hybridized carbons (Fsp3) is 0.647. The molecule has 1 aliphatic rings. The predicted octanol–water partition coefficient (Wildman–Crippen LogP) is 2.86. The number of hydrogen-bond donors (Lipinski definition) is 1. The molecule has 0 radical (unpaired) electrons. The summed E-state index contributed by atoms with van der Waals surface area (Å²) in [5, 5.41) is 3.37. The molecule has 1 aliphatic heterocycles. The summed E-state index contributed by atoms with van der Waals surface area (Å²) in [6.07, 6.45) is 3.32. The number of likely N-dealkylation sites (tertiary alicyclic amines) is 1. The number of benzene rings is 1. The van der Waals surface area contributed by atoms with E-state index in [-0.39, 0.29) is 5.82 Å². The van der Waals surface area contributed by atoms with Crippen molar-refractivity contribution in [3.8, 4) is 0 Å². The highest BCUT2D eigenvalue weighted by Gasteiger charge is 2.22. The Balaban J connectivity index is 2.04. The lowest BCUT2D eigenvalue weighted by atomic mass is 10.0. The summed E-state index contributed by atoms with van der Waals surface area (Å²) in [6.45, 7) is 6.14. The molecule has 0 amide bonds. The summed E-state index contributed by atoms with van der Waals surface area (Å²) >= 11 is 0. The minimum Gasteiger partial charge on any atom is -0.369 e. The Kier molecular flexibility index (Phi) is 6.00. The zero-order chi connectivity index (χ0) is 15.2. The smallest absolute Gasteiger partial charge is 0.146 e. The van der Waals surface area contributed by atoms with Gasteiger partial charge in [0.2, 0.25) is 0 Å². The van der Waals surface area contributed by atoms with E-state index in [2.05, 4.69) is 29.1 Å². The van der Waals surface area contributed by atoms with Crippen LogP contribution in [0, 0.1) is 5.82 Å². The Hall–Kier alpha value is -1.13. The molecular formula is C17H28FN3. The number of nitrogens with zero attached hydrogens (tertiary/aromatic N) is 2. The quantitative estimate of drug-likeness (QED) is 0.814. The van der Waals surface area contributed by atoms with Gasteiger partial charge in [-0.3, -0.25) is 0 Å². The fourth-order valence-corrected chi connectivity index (χ4v) is 2.93. The van der Waals surface area contributed by atoms with Gasteiger partial charge in [-0.05, 0) is 63.6 Å². The number of anilines is 1. The van der Waals surface area contributed by atoms with Gasteiger partial charge in [-0.1, -0.05) is 13.0 Å². The average Bonchev–Trinajstić information content (AvgIpc) is 2.49. The molecule has 0 bridgehead atoms. The molecule has 3 nitrogen and oxygen atoms in total. The highest BCUT2D eigenvalue weighted by Crippen LogP contribution is 2.25. The largest absolute Gasteiger partial charge is 0.369 e. The molecule has 1 aromatic rings. The summed E-state index contributed by atoms with van der Waals surface area (Å²) in [5.41, 5.74) is 1.89. The third-order valence-electron chi connectivity index (χ3n) is 4.38.